The molecule has 2 aromatic rings. The number of anilines is 2. The van der Waals surface area contributed by atoms with Gasteiger partial charge in [-0.25, -0.2) is 9.78 Å². The van der Waals surface area contributed by atoms with Crippen molar-refractivity contribution in [1.82, 2.24) is 4.98 Å². The summed E-state index contributed by atoms with van der Waals surface area (Å²) in [6.07, 6.45) is 1.32. The monoisotopic (exact) mass is 268 g/mol. The number of halogens is 1. The summed E-state index contributed by atoms with van der Waals surface area (Å²) in [4.78, 5) is 14.9. The smallest absolute Gasteiger partial charge is 0.347 e. The maximum atomic E-state index is 10.7. The molecule has 0 spiro atoms. The van der Waals surface area contributed by atoms with E-state index >= 15 is 0 Å². The number of rotatable bonds is 3. The van der Waals surface area contributed by atoms with Gasteiger partial charge in [-0.3, -0.25) is 0 Å². The first kappa shape index (κ1) is 11.9. The molecule has 88 valence electrons. The van der Waals surface area contributed by atoms with Gasteiger partial charge in [0.1, 0.15) is 4.88 Å². The zero-order valence-corrected chi connectivity index (χ0v) is 10.5. The van der Waals surface area contributed by atoms with E-state index in [2.05, 4.69) is 10.3 Å². The van der Waals surface area contributed by atoms with Gasteiger partial charge in [-0.2, -0.15) is 0 Å². The van der Waals surface area contributed by atoms with E-state index in [9.17, 15) is 4.79 Å². The zero-order valence-electron chi connectivity index (χ0n) is 8.90. The van der Waals surface area contributed by atoms with Crippen LogP contribution in [0.1, 0.15) is 15.2 Å². The average molecular weight is 269 g/mol. The zero-order chi connectivity index (χ0) is 12.4. The van der Waals surface area contributed by atoms with Gasteiger partial charge >= 0.3 is 5.97 Å². The molecular weight excluding hydrogens is 260 g/mol. The molecule has 1 aromatic carbocycles. The molecule has 0 aliphatic heterocycles. The van der Waals surface area contributed by atoms with Gasteiger partial charge in [0.15, 0.2) is 5.13 Å². The number of carbonyl (C=O) groups is 1. The second-order valence-electron chi connectivity index (χ2n) is 3.42. The summed E-state index contributed by atoms with van der Waals surface area (Å²) in [5.74, 6) is -0.975. The number of nitrogens with zero attached hydrogens (tertiary/aromatic N) is 1. The van der Waals surface area contributed by atoms with Crippen LogP contribution in [0.4, 0.5) is 10.8 Å². The van der Waals surface area contributed by atoms with Crippen molar-refractivity contribution in [2.45, 2.75) is 6.92 Å². The Morgan fingerprint density at radius 1 is 1.53 bits per heavy atom. The maximum absolute atomic E-state index is 10.7. The molecule has 2 rings (SSSR count). The highest BCUT2D eigenvalue weighted by Crippen LogP contribution is 2.25. The Hall–Kier alpha value is -1.59. The number of nitrogens with one attached hydrogen (secondary N) is 1. The standard InChI is InChI=1S/C11H9ClN2O2S/c1-6-2-3-7(4-8(6)12)14-11-13-5-9(17-11)10(15)16/h2-5H,1H3,(H,13,14)(H,15,16). The molecule has 0 saturated carbocycles. The van der Waals surface area contributed by atoms with Gasteiger partial charge in [0.05, 0.1) is 6.20 Å². The van der Waals surface area contributed by atoms with Crippen molar-refractivity contribution in [3.63, 3.8) is 0 Å². The molecule has 0 amide bonds. The SMILES string of the molecule is Cc1ccc(Nc2ncc(C(=O)O)s2)cc1Cl. The van der Waals surface area contributed by atoms with Crippen molar-refractivity contribution >= 4 is 39.7 Å². The van der Waals surface area contributed by atoms with Crippen molar-refractivity contribution in [1.29, 1.82) is 0 Å². The number of hydrogen-bond donors (Lipinski definition) is 2. The van der Waals surface area contributed by atoms with Crippen molar-refractivity contribution in [3.05, 3.63) is 39.9 Å². The van der Waals surface area contributed by atoms with Crippen molar-refractivity contribution in [2.75, 3.05) is 5.32 Å². The molecule has 0 bridgehead atoms. The molecule has 0 aliphatic rings. The highest BCUT2D eigenvalue weighted by Gasteiger charge is 2.08. The fourth-order valence-corrected chi connectivity index (χ4v) is 2.08. The van der Waals surface area contributed by atoms with Gasteiger partial charge < -0.3 is 10.4 Å². The highest BCUT2D eigenvalue weighted by atomic mass is 35.5. The van der Waals surface area contributed by atoms with Crippen LogP contribution < -0.4 is 5.32 Å². The van der Waals surface area contributed by atoms with E-state index in [1.165, 1.54) is 6.20 Å². The summed E-state index contributed by atoms with van der Waals surface area (Å²) < 4.78 is 0. The van der Waals surface area contributed by atoms with E-state index in [4.69, 9.17) is 16.7 Å². The molecule has 0 radical (unpaired) electrons. The van der Waals surface area contributed by atoms with Crippen LogP contribution in [0.25, 0.3) is 0 Å². The molecule has 2 N–H and O–H groups in total. The highest BCUT2D eigenvalue weighted by molar-refractivity contribution is 7.17. The van der Waals surface area contributed by atoms with Crippen LogP contribution in [0.5, 0.6) is 0 Å². The minimum atomic E-state index is -0.975. The lowest BCUT2D eigenvalue weighted by Gasteiger charge is -2.04. The molecule has 6 heteroatoms. The number of aromatic carboxylic acids is 1. The van der Waals surface area contributed by atoms with E-state index in [0.29, 0.717) is 10.2 Å². The lowest BCUT2D eigenvalue weighted by molar-refractivity contribution is 0.0702. The van der Waals surface area contributed by atoms with Crippen LogP contribution in [0.15, 0.2) is 24.4 Å². The van der Waals surface area contributed by atoms with Crippen LogP contribution in [0.3, 0.4) is 0 Å². The van der Waals surface area contributed by atoms with Crippen LogP contribution in [0, 0.1) is 6.92 Å². The fraction of sp³-hybridized carbons (Fsp3) is 0.0909. The third kappa shape index (κ3) is 2.75. The number of aryl methyl sites for hydroxylation is 1. The van der Waals surface area contributed by atoms with Crippen LogP contribution in [-0.2, 0) is 0 Å². The first-order valence-corrected chi connectivity index (χ1v) is 5.98. The minimum Gasteiger partial charge on any atom is -0.477 e. The van der Waals surface area contributed by atoms with E-state index in [1.54, 1.807) is 6.07 Å². The van der Waals surface area contributed by atoms with Gasteiger partial charge in [-0.15, -0.1) is 0 Å². The number of aromatic nitrogens is 1. The molecule has 0 unspecified atom stereocenters. The van der Waals surface area contributed by atoms with Crippen molar-refractivity contribution in [2.24, 2.45) is 0 Å². The van der Waals surface area contributed by atoms with Gasteiger partial charge in [0.2, 0.25) is 0 Å². The largest absolute Gasteiger partial charge is 0.477 e. The van der Waals surface area contributed by atoms with E-state index < -0.39 is 5.97 Å². The first-order valence-electron chi connectivity index (χ1n) is 4.78. The molecule has 1 heterocycles. The number of carboxylic acids is 1. The first-order chi connectivity index (χ1) is 8.06. The third-order valence-electron chi connectivity index (χ3n) is 2.14. The quantitative estimate of drug-likeness (QED) is 0.894. The van der Waals surface area contributed by atoms with Crippen molar-refractivity contribution in [3.8, 4) is 0 Å². The van der Waals surface area contributed by atoms with Gasteiger partial charge in [-0.1, -0.05) is 29.0 Å². The van der Waals surface area contributed by atoms with Gasteiger partial charge in [0.25, 0.3) is 0 Å². The van der Waals surface area contributed by atoms with Crippen LogP contribution in [0.2, 0.25) is 5.02 Å². The predicted molar refractivity (Wildman–Crippen MR) is 68.5 cm³/mol. The molecule has 0 atom stereocenters. The molecule has 1 aromatic heterocycles. The summed E-state index contributed by atoms with van der Waals surface area (Å²) in [6.45, 7) is 1.91. The number of thiazole rings is 1. The van der Waals surface area contributed by atoms with E-state index in [1.807, 2.05) is 19.1 Å². The summed E-state index contributed by atoms with van der Waals surface area (Å²) in [7, 11) is 0. The summed E-state index contributed by atoms with van der Waals surface area (Å²) in [5.41, 5.74) is 1.77. The lowest BCUT2D eigenvalue weighted by atomic mass is 10.2. The Kier molecular flexibility index (Phi) is 3.31. The van der Waals surface area contributed by atoms with Crippen LogP contribution >= 0.6 is 22.9 Å². The van der Waals surface area contributed by atoms with Crippen molar-refractivity contribution < 1.29 is 9.90 Å². The van der Waals surface area contributed by atoms with E-state index in [-0.39, 0.29) is 4.88 Å². The second kappa shape index (κ2) is 4.73. The number of benzene rings is 1. The Morgan fingerprint density at radius 3 is 2.88 bits per heavy atom. The number of hydrogen-bond acceptors (Lipinski definition) is 4. The lowest BCUT2D eigenvalue weighted by Crippen LogP contribution is -1.90. The Morgan fingerprint density at radius 2 is 2.29 bits per heavy atom. The minimum absolute atomic E-state index is 0.200. The molecule has 4 nitrogen and oxygen atoms in total. The third-order valence-corrected chi connectivity index (χ3v) is 3.45. The molecule has 0 saturated heterocycles. The Balaban J connectivity index is 2.19. The Bertz CT molecular complexity index is 568. The second-order valence-corrected chi connectivity index (χ2v) is 4.86. The number of carboxylic acid groups (broad SMARTS) is 1. The normalized spacial score (nSPS) is 10.2. The topological polar surface area (TPSA) is 62.2 Å². The van der Waals surface area contributed by atoms with Crippen LogP contribution in [-0.4, -0.2) is 16.1 Å². The maximum Gasteiger partial charge on any atom is 0.347 e. The molecule has 17 heavy (non-hydrogen) atoms. The predicted octanol–water partition coefficient (Wildman–Crippen LogP) is 3.55. The molecular formula is C11H9ClN2O2S. The van der Waals surface area contributed by atoms with E-state index in [0.717, 1.165) is 22.6 Å². The Labute approximate surface area is 107 Å². The molecule has 0 fully saturated rings. The average Bonchev–Trinajstić information content (AvgIpc) is 2.72. The summed E-state index contributed by atoms with van der Waals surface area (Å²) >= 11 is 7.07. The van der Waals surface area contributed by atoms with Gasteiger partial charge in [-0.05, 0) is 24.6 Å². The molecule has 0 aliphatic carbocycles. The summed E-state index contributed by atoms with van der Waals surface area (Å²) in [6, 6.07) is 5.53. The van der Waals surface area contributed by atoms with Gasteiger partial charge in [0, 0.05) is 10.7 Å². The fourth-order valence-electron chi connectivity index (χ4n) is 1.22. The summed E-state index contributed by atoms with van der Waals surface area (Å²) in [5, 5.41) is 13.0.